The van der Waals surface area contributed by atoms with Gasteiger partial charge in [-0.15, -0.1) is 0 Å². The van der Waals surface area contributed by atoms with Gasteiger partial charge in [0.05, 0.1) is 37.3 Å². The fraction of sp³-hybridized carbons (Fsp3) is 0.353. The van der Waals surface area contributed by atoms with Crippen molar-refractivity contribution in [2.45, 2.75) is 19.1 Å². The molecule has 3 heterocycles. The number of rotatable bonds is 6. The number of aryl methyl sites for hydroxylation is 1. The van der Waals surface area contributed by atoms with E-state index < -0.39 is 0 Å². The van der Waals surface area contributed by atoms with E-state index >= 15 is 0 Å². The van der Waals surface area contributed by atoms with Crippen LogP contribution in [0.1, 0.15) is 5.69 Å². The average Bonchev–Trinajstić information content (AvgIpc) is 2.55. The molecule has 0 spiro atoms. The lowest BCUT2D eigenvalue weighted by Gasteiger charge is -2.32. The molecular formula is C17H21N5O3. The Bertz CT molecular complexity index is 725. The molecule has 25 heavy (non-hydrogen) atoms. The quantitative estimate of drug-likeness (QED) is 0.640. The lowest BCUT2D eigenvalue weighted by Crippen LogP contribution is -2.49. The third-order valence-electron chi connectivity index (χ3n) is 3.89. The maximum atomic E-state index is 10.8. The number of ether oxygens (including phenoxy) is 2. The molecular weight excluding hydrogens is 322 g/mol. The maximum absolute atomic E-state index is 10.8. The van der Waals surface area contributed by atoms with E-state index in [4.69, 9.17) is 20.2 Å². The second-order valence-corrected chi connectivity index (χ2v) is 5.78. The van der Waals surface area contributed by atoms with E-state index in [9.17, 15) is 4.79 Å². The number of allylic oxidation sites excluding steroid dienone is 1. The summed E-state index contributed by atoms with van der Waals surface area (Å²) in [5, 5.41) is 5.83. The minimum absolute atomic E-state index is 0.0879. The molecule has 8 nitrogen and oxygen atoms in total. The molecule has 1 fully saturated rings. The van der Waals surface area contributed by atoms with E-state index in [0.717, 1.165) is 22.7 Å². The Hall–Kier alpha value is -2.71. The topological polar surface area (TPSA) is 111 Å². The Kier molecular flexibility index (Phi) is 5.42. The minimum Gasteiger partial charge on any atom is -0.404 e. The fourth-order valence-corrected chi connectivity index (χ4v) is 2.55. The number of nitrogens with one attached hydrogen (secondary N) is 2. The first kappa shape index (κ1) is 17.1. The van der Waals surface area contributed by atoms with Crippen molar-refractivity contribution in [3.63, 3.8) is 0 Å². The van der Waals surface area contributed by atoms with E-state index in [0.29, 0.717) is 32.1 Å². The Morgan fingerprint density at radius 3 is 3.04 bits per heavy atom. The molecule has 1 aromatic rings. The molecule has 2 aliphatic heterocycles. The molecule has 3 rings (SSSR count). The van der Waals surface area contributed by atoms with Gasteiger partial charge in [0.2, 0.25) is 6.41 Å². The molecule has 1 amide bonds. The van der Waals surface area contributed by atoms with Crippen molar-refractivity contribution in [2.24, 2.45) is 10.7 Å². The Morgan fingerprint density at radius 1 is 1.56 bits per heavy atom. The summed E-state index contributed by atoms with van der Waals surface area (Å²) >= 11 is 0. The third kappa shape index (κ3) is 4.23. The summed E-state index contributed by atoms with van der Waals surface area (Å²) in [5.74, 6) is 0.551. The van der Waals surface area contributed by atoms with Crippen LogP contribution in [0.4, 0.5) is 5.69 Å². The fourth-order valence-electron chi connectivity index (χ4n) is 2.55. The van der Waals surface area contributed by atoms with Gasteiger partial charge in [-0.2, -0.15) is 0 Å². The Morgan fingerprint density at radius 2 is 2.40 bits per heavy atom. The van der Waals surface area contributed by atoms with Gasteiger partial charge in [-0.3, -0.25) is 14.8 Å². The van der Waals surface area contributed by atoms with Crippen molar-refractivity contribution < 1.29 is 14.3 Å². The summed E-state index contributed by atoms with van der Waals surface area (Å²) in [7, 11) is 0. The van der Waals surface area contributed by atoms with Gasteiger partial charge in [-0.05, 0) is 25.1 Å². The average molecular weight is 343 g/mol. The molecule has 1 atom stereocenters. The standard InChI is InChI=1S/C17H21N5O3/c1-11-4-13(2-3-19-11)21-17-12(6-18)5-16(20-10-23)22-15(17)9-25-14-7-24-8-14/h2-6,10,14-15,22H,7-9,18H2,1H3,(H,20,23). The Balaban J connectivity index is 1.89. The molecule has 0 saturated carbocycles. The largest absolute Gasteiger partial charge is 0.404 e. The van der Waals surface area contributed by atoms with Crippen molar-refractivity contribution in [3.8, 4) is 0 Å². The molecule has 0 bridgehead atoms. The summed E-state index contributed by atoms with van der Waals surface area (Å²) in [5.41, 5.74) is 8.90. The van der Waals surface area contributed by atoms with Crippen LogP contribution in [0, 0.1) is 6.92 Å². The predicted octanol–water partition coefficient (Wildman–Crippen LogP) is 0.280. The zero-order chi connectivity index (χ0) is 17.6. The van der Waals surface area contributed by atoms with Crippen LogP contribution >= 0.6 is 0 Å². The molecule has 2 aliphatic rings. The highest BCUT2D eigenvalue weighted by molar-refractivity contribution is 6.08. The van der Waals surface area contributed by atoms with E-state index in [2.05, 4.69) is 15.6 Å². The molecule has 8 heteroatoms. The molecule has 1 saturated heterocycles. The normalized spacial score (nSPS) is 23.7. The maximum Gasteiger partial charge on any atom is 0.212 e. The van der Waals surface area contributed by atoms with Gasteiger partial charge in [-0.25, -0.2) is 0 Å². The van der Waals surface area contributed by atoms with Gasteiger partial charge < -0.3 is 25.8 Å². The van der Waals surface area contributed by atoms with Gasteiger partial charge in [-0.1, -0.05) is 0 Å². The van der Waals surface area contributed by atoms with Crippen molar-refractivity contribution in [1.29, 1.82) is 0 Å². The molecule has 0 aliphatic carbocycles. The van der Waals surface area contributed by atoms with Crippen LogP contribution < -0.4 is 16.4 Å². The highest BCUT2D eigenvalue weighted by Crippen LogP contribution is 2.20. The first-order chi connectivity index (χ1) is 12.2. The number of carbonyl (C=O) groups is 1. The number of aromatic nitrogens is 1. The summed E-state index contributed by atoms with van der Waals surface area (Å²) in [4.78, 5) is 19.7. The molecule has 0 aromatic carbocycles. The number of amides is 1. The predicted molar refractivity (Wildman–Crippen MR) is 93.1 cm³/mol. The second kappa shape index (κ2) is 7.91. The highest BCUT2D eigenvalue weighted by Gasteiger charge is 2.28. The number of nitrogens with zero attached hydrogens (tertiary/aromatic N) is 2. The third-order valence-corrected chi connectivity index (χ3v) is 3.89. The summed E-state index contributed by atoms with van der Waals surface area (Å²) in [6.45, 7) is 3.48. The van der Waals surface area contributed by atoms with Crippen molar-refractivity contribution >= 4 is 17.8 Å². The van der Waals surface area contributed by atoms with Gasteiger partial charge in [0.1, 0.15) is 11.9 Å². The van der Waals surface area contributed by atoms with E-state index in [1.54, 1.807) is 12.3 Å². The first-order valence-electron chi connectivity index (χ1n) is 8.01. The van der Waals surface area contributed by atoms with Crippen molar-refractivity contribution in [3.05, 3.63) is 47.7 Å². The van der Waals surface area contributed by atoms with Crippen molar-refractivity contribution in [2.75, 3.05) is 19.8 Å². The molecule has 132 valence electrons. The minimum atomic E-state index is -0.253. The lowest BCUT2D eigenvalue weighted by atomic mass is 10.00. The molecule has 1 unspecified atom stereocenters. The highest BCUT2D eigenvalue weighted by atomic mass is 16.6. The number of nitrogens with two attached hydrogens (primary N) is 1. The zero-order valence-corrected chi connectivity index (χ0v) is 13.9. The van der Waals surface area contributed by atoms with Crippen LogP contribution in [0.2, 0.25) is 0 Å². The van der Waals surface area contributed by atoms with E-state index in [1.165, 1.54) is 6.20 Å². The van der Waals surface area contributed by atoms with Gasteiger partial charge in [0, 0.05) is 23.7 Å². The molecule has 1 aromatic heterocycles. The smallest absolute Gasteiger partial charge is 0.212 e. The number of aliphatic imine (C=N–C) groups is 1. The number of carbonyl (C=O) groups excluding carboxylic acids is 1. The van der Waals surface area contributed by atoms with Gasteiger partial charge in [0.25, 0.3) is 0 Å². The Labute approximate surface area is 145 Å². The number of hydrogen-bond donors (Lipinski definition) is 3. The summed E-state index contributed by atoms with van der Waals surface area (Å²) in [6, 6.07) is 3.47. The summed E-state index contributed by atoms with van der Waals surface area (Å²) in [6.07, 6.45) is 5.62. The van der Waals surface area contributed by atoms with Gasteiger partial charge >= 0.3 is 0 Å². The second-order valence-electron chi connectivity index (χ2n) is 5.78. The number of pyridine rings is 1. The van der Waals surface area contributed by atoms with Gasteiger partial charge in [0.15, 0.2) is 0 Å². The van der Waals surface area contributed by atoms with E-state index in [1.807, 2.05) is 19.1 Å². The SMILES string of the molecule is Cc1cc(N=C2C(=CN)C=C(NC=O)NC2COC2COC2)ccn1. The van der Waals surface area contributed by atoms with Crippen LogP contribution in [0.5, 0.6) is 0 Å². The van der Waals surface area contributed by atoms with Crippen molar-refractivity contribution in [1.82, 2.24) is 15.6 Å². The first-order valence-corrected chi connectivity index (χ1v) is 8.01. The lowest BCUT2D eigenvalue weighted by molar-refractivity contribution is -0.130. The van der Waals surface area contributed by atoms with E-state index in [-0.39, 0.29) is 12.1 Å². The number of hydrogen-bond acceptors (Lipinski definition) is 7. The molecule has 0 radical (unpaired) electrons. The zero-order valence-electron chi connectivity index (χ0n) is 13.9. The summed E-state index contributed by atoms with van der Waals surface area (Å²) < 4.78 is 11.0. The van der Waals surface area contributed by atoms with Crippen LogP contribution in [-0.4, -0.2) is 49.1 Å². The van der Waals surface area contributed by atoms with Crippen LogP contribution in [0.15, 0.2) is 47.0 Å². The van der Waals surface area contributed by atoms with Crippen LogP contribution in [0.25, 0.3) is 0 Å². The van der Waals surface area contributed by atoms with Crippen LogP contribution in [-0.2, 0) is 14.3 Å². The van der Waals surface area contributed by atoms with Crippen LogP contribution in [0.3, 0.4) is 0 Å². The monoisotopic (exact) mass is 343 g/mol. The molecule has 4 N–H and O–H groups in total.